The summed E-state index contributed by atoms with van der Waals surface area (Å²) in [5.74, 6) is -2.63. The first-order chi connectivity index (χ1) is 15.1. The summed E-state index contributed by atoms with van der Waals surface area (Å²) in [5.41, 5.74) is 0.680. The minimum atomic E-state index is -4.70. The Bertz CT molecular complexity index is 1100. The summed E-state index contributed by atoms with van der Waals surface area (Å²) in [7, 11) is 0. The summed E-state index contributed by atoms with van der Waals surface area (Å²) in [6.07, 6.45) is -0.0477. The number of aromatic nitrogens is 2. The number of allylic oxidation sites excluding steroid dienone is 1. The Morgan fingerprint density at radius 3 is 2.06 bits per heavy atom. The van der Waals surface area contributed by atoms with E-state index >= 15 is 0 Å². The molecule has 32 heavy (non-hydrogen) atoms. The molecule has 0 saturated heterocycles. The summed E-state index contributed by atoms with van der Waals surface area (Å²) < 4.78 is 79.8. The fraction of sp³-hybridized carbons (Fsp3) is 0.250. The minimum absolute atomic E-state index is 0.0495. The van der Waals surface area contributed by atoms with Gasteiger partial charge < -0.3 is 0 Å². The minimum Gasteiger partial charge on any atom is -0.236 e. The number of nitrogens with zero attached hydrogens (tertiary/aromatic N) is 2. The number of benzene rings is 2. The normalized spacial score (nSPS) is 13.0. The van der Waals surface area contributed by atoms with Gasteiger partial charge in [-0.15, -0.1) is 0 Å². The maximum absolute atomic E-state index is 14.6. The van der Waals surface area contributed by atoms with Crippen LogP contribution in [0.2, 0.25) is 0 Å². The molecule has 0 aliphatic heterocycles. The van der Waals surface area contributed by atoms with Crippen LogP contribution in [0.5, 0.6) is 0 Å². The molecular weight excluding hydrogens is 430 g/mol. The van der Waals surface area contributed by atoms with Crippen LogP contribution in [0.15, 0.2) is 48.8 Å². The van der Waals surface area contributed by atoms with Crippen molar-refractivity contribution in [1.82, 2.24) is 9.97 Å². The highest BCUT2D eigenvalue weighted by Gasteiger charge is 2.23. The van der Waals surface area contributed by atoms with E-state index in [9.17, 15) is 26.3 Å². The van der Waals surface area contributed by atoms with Crippen molar-refractivity contribution in [3.63, 3.8) is 0 Å². The van der Waals surface area contributed by atoms with E-state index in [1.54, 1.807) is 6.07 Å². The molecule has 1 unspecified atom stereocenters. The molecule has 2 nitrogen and oxygen atoms in total. The molecular formula is C24H20F6N2. The third-order valence-electron chi connectivity index (χ3n) is 5.02. The first-order valence-corrected chi connectivity index (χ1v) is 9.96. The van der Waals surface area contributed by atoms with Gasteiger partial charge in [-0.25, -0.2) is 23.1 Å². The number of alkyl halides is 3. The van der Waals surface area contributed by atoms with Crippen molar-refractivity contribution in [2.75, 3.05) is 0 Å². The number of hydrogen-bond acceptors (Lipinski definition) is 2. The Hall–Kier alpha value is -3.16. The van der Waals surface area contributed by atoms with Crippen LogP contribution in [0.4, 0.5) is 26.3 Å². The quantitative estimate of drug-likeness (QED) is 0.360. The molecule has 168 valence electrons. The molecule has 0 aliphatic rings. The number of hydrogen-bond donors (Lipinski definition) is 0. The monoisotopic (exact) mass is 450 g/mol. The van der Waals surface area contributed by atoms with Gasteiger partial charge in [-0.05, 0) is 42.2 Å². The van der Waals surface area contributed by atoms with Crippen LogP contribution in [0.1, 0.15) is 43.7 Å². The molecule has 0 N–H and O–H groups in total. The highest BCUT2D eigenvalue weighted by Crippen LogP contribution is 2.29. The Morgan fingerprint density at radius 1 is 0.906 bits per heavy atom. The second-order valence-electron chi connectivity index (χ2n) is 7.45. The Balaban J connectivity index is 1.87. The topological polar surface area (TPSA) is 25.8 Å². The summed E-state index contributed by atoms with van der Waals surface area (Å²) >= 11 is 0. The van der Waals surface area contributed by atoms with Crippen molar-refractivity contribution in [2.45, 2.75) is 38.8 Å². The molecule has 0 radical (unpaired) electrons. The number of halogens is 6. The molecule has 1 heterocycles. The lowest BCUT2D eigenvalue weighted by Crippen LogP contribution is -2.01. The van der Waals surface area contributed by atoms with E-state index in [4.69, 9.17) is 0 Å². The molecule has 3 aromatic rings. The van der Waals surface area contributed by atoms with Crippen LogP contribution in [0, 0.1) is 17.5 Å². The van der Waals surface area contributed by atoms with E-state index in [-0.39, 0.29) is 28.9 Å². The van der Waals surface area contributed by atoms with Gasteiger partial charge in [0.1, 0.15) is 17.5 Å². The zero-order chi connectivity index (χ0) is 23.5. The zero-order valence-electron chi connectivity index (χ0n) is 17.3. The van der Waals surface area contributed by atoms with Crippen LogP contribution in [0.25, 0.3) is 28.6 Å². The first-order valence-electron chi connectivity index (χ1n) is 9.96. The van der Waals surface area contributed by atoms with Crippen molar-refractivity contribution >= 4 is 6.08 Å². The maximum atomic E-state index is 14.6. The van der Waals surface area contributed by atoms with E-state index < -0.39 is 29.2 Å². The average molecular weight is 450 g/mol. The van der Waals surface area contributed by atoms with Gasteiger partial charge in [0.2, 0.25) is 0 Å². The van der Waals surface area contributed by atoms with Crippen LogP contribution in [-0.4, -0.2) is 16.1 Å². The molecule has 0 saturated carbocycles. The van der Waals surface area contributed by atoms with Gasteiger partial charge in [0.05, 0.1) is 0 Å². The van der Waals surface area contributed by atoms with Crippen molar-refractivity contribution in [3.05, 3.63) is 77.4 Å². The Morgan fingerprint density at radius 2 is 1.53 bits per heavy atom. The van der Waals surface area contributed by atoms with Crippen molar-refractivity contribution in [1.29, 1.82) is 0 Å². The highest BCUT2D eigenvalue weighted by molar-refractivity contribution is 5.66. The van der Waals surface area contributed by atoms with Gasteiger partial charge in [0.15, 0.2) is 5.82 Å². The van der Waals surface area contributed by atoms with Crippen molar-refractivity contribution in [3.8, 4) is 22.5 Å². The van der Waals surface area contributed by atoms with Crippen molar-refractivity contribution in [2.24, 2.45) is 0 Å². The molecule has 1 atom stereocenters. The third kappa shape index (κ3) is 5.55. The first kappa shape index (κ1) is 23.5. The fourth-order valence-corrected chi connectivity index (χ4v) is 3.34. The second-order valence-corrected chi connectivity index (χ2v) is 7.45. The lowest BCUT2D eigenvalue weighted by atomic mass is 9.94. The van der Waals surface area contributed by atoms with Crippen LogP contribution in [0.3, 0.4) is 0 Å². The van der Waals surface area contributed by atoms with Crippen LogP contribution >= 0.6 is 0 Å². The third-order valence-corrected chi connectivity index (χ3v) is 5.02. The predicted octanol–water partition coefficient (Wildman–Crippen LogP) is 7.71. The van der Waals surface area contributed by atoms with E-state index in [0.717, 1.165) is 30.5 Å². The molecule has 8 heteroatoms. The second kappa shape index (κ2) is 9.54. The average Bonchev–Trinajstić information content (AvgIpc) is 2.72. The maximum Gasteiger partial charge on any atom is 0.409 e. The van der Waals surface area contributed by atoms with Crippen LogP contribution < -0.4 is 0 Å². The van der Waals surface area contributed by atoms with Gasteiger partial charge in [0.25, 0.3) is 0 Å². The summed E-state index contributed by atoms with van der Waals surface area (Å²) in [4.78, 5) is 8.08. The molecule has 2 aromatic carbocycles. The SMILES string of the molecule is CCCC(C)c1ccc(-c2cnc(-c3cc(F)c(/C=C/C(F)(F)F)c(F)c3)nc2)c(F)c1. The molecule has 1 aromatic heterocycles. The van der Waals surface area contributed by atoms with Gasteiger partial charge in [0, 0.05) is 40.7 Å². The van der Waals surface area contributed by atoms with E-state index in [1.807, 2.05) is 13.0 Å². The molecule has 3 rings (SSSR count). The van der Waals surface area contributed by atoms with E-state index in [0.29, 0.717) is 11.6 Å². The largest absolute Gasteiger partial charge is 0.409 e. The molecule has 0 spiro atoms. The van der Waals surface area contributed by atoms with Gasteiger partial charge in [-0.1, -0.05) is 32.4 Å². The Kier molecular flexibility index (Phi) is 7.01. The standard InChI is InChI=1S/C24H20F6N2/c1-3-4-14(2)15-5-6-18(20(25)9-15)17-12-31-23(32-13-17)16-10-21(26)19(22(27)11-16)7-8-24(28,29)30/h5-14H,3-4H2,1-2H3/b8-7+. The molecule has 0 bridgehead atoms. The van der Waals surface area contributed by atoms with Gasteiger partial charge in [-0.2, -0.15) is 13.2 Å². The predicted molar refractivity (Wildman–Crippen MR) is 111 cm³/mol. The fourth-order valence-electron chi connectivity index (χ4n) is 3.34. The molecule has 0 aliphatic carbocycles. The van der Waals surface area contributed by atoms with E-state index in [1.165, 1.54) is 18.5 Å². The molecule has 0 amide bonds. The molecule has 0 fully saturated rings. The highest BCUT2D eigenvalue weighted by atomic mass is 19.4. The summed E-state index contributed by atoms with van der Waals surface area (Å²) in [6.45, 7) is 4.09. The van der Waals surface area contributed by atoms with E-state index in [2.05, 4.69) is 16.9 Å². The summed E-state index contributed by atoms with van der Waals surface area (Å²) in [5, 5.41) is 0. The van der Waals surface area contributed by atoms with Gasteiger partial charge in [-0.3, -0.25) is 0 Å². The zero-order valence-corrected chi connectivity index (χ0v) is 17.3. The lowest BCUT2D eigenvalue weighted by Gasteiger charge is -2.12. The van der Waals surface area contributed by atoms with Crippen LogP contribution in [-0.2, 0) is 0 Å². The van der Waals surface area contributed by atoms with Crippen molar-refractivity contribution < 1.29 is 26.3 Å². The summed E-state index contributed by atoms with van der Waals surface area (Å²) in [6, 6.07) is 6.64. The smallest absolute Gasteiger partial charge is 0.236 e. The van der Waals surface area contributed by atoms with Gasteiger partial charge >= 0.3 is 6.18 Å². The Labute approximate surface area is 181 Å². The number of rotatable bonds is 6. The lowest BCUT2D eigenvalue weighted by molar-refractivity contribution is -0.0790.